The number of thioether (sulfide) groups is 1. The topological polar surface area (TPSA) is 32.3 Å². The van der Waals surface area contributed by atoms with E-state index in [1.807, 2.05) is 11.8 Å². The monoisotopic (exact) mass is 242 g/mol. The van der Waals surface area contributed by atoms with Crippen molar-refractivity contribution in [1.29, 1.82) is 0 Å². The zero-order chi connectivity index (χ0) is 11.4. The lowest BCUT2D eigenvalue weighted by atomic mass is 10.0. The van der Waals surface area contributed by atoms with Crippen molar-refractivity contribution in [3.8, 4) is 0 Å². The Labute approximate surface area is 102 Å². The van der Waals surface area contributed by atoms with Crippen LogP contribution >= 0.6 is 11.8 Å². The Hall–Kier alpha value is -0.220. The predicted molar refractivity (Wildman–Crippen MR) is 68.5 cm³/mol. The largest absolute Gasteiger partial charge is 0.337 e. The number of nitrogens with zero attached hydrogens (tertiary/aromatic N) is 1. The van der Waals surface area contributed by atoms with E-state index in [9.17, 15) is 4.79 Å². The van der Waals surface area contributed by atoms with Crippen molar-refractivity contribution in [2.75, 3.05) is 24.6 Å². The van der Waals surface area contributed by atoms with Crippen LogP contribution < -0.4 is 5.32 Å². The Bertz CT molecular complexity index is 251. The van der Waals surface area contributed by atoms with Crippen LogP contribution in [0.2, 0.25) is 0 Å². The maximum atomic E-state index is 11.6. The molecule has 0 saturated carbocycles. The van der Waals surface area contributed by atoms with Gasteiger partial charge in [-0.25, -0.2) is 0 Å². The molecule has 0 aromatic heterocycles. The van der Waals surface area contributed by atoms with E-state index in [4.69, 9.17) is 0 Å². The van der Waals surface area contributed by atoms with Gasteiger partial charge in [0, 0.05) is 6.54 Å². The van der Waals surface area contributed by atoms with Gasteiger partial charge in [0.25, 0.3) is 0 Å². The molecule has 3 nitrogen and oxygen atoms in total. The lowest BCUT2D eigenvalue weighted by molar-refractivity contribution is -0.119. The Balaban J connectivity index is 1.94. The summed E-state index contributed by atoms with van der Waals surface area (Å²) in [7, 11) is 0. The van der Waals surface area contributed by atoms with Crippen LogP contribution in [0.3, 0.4) is 0 Å². The van der Waals surface area contributed by atoms with Gasteiger partial charge >= 0.3 is 0 Å². The summed E-state index contributed by atoms with van der Waals surface area (Å²) < 4.78 is 0. The fourth-order valence-electron chi connectivity index (χ4n) is 2.70. The first-order valence-electron chi connectivity index (χ1n) is 6.41. The van der Waals surface area contributed by atoms with Crippen molar-refractivity contribution < 1.29 is 4.79 Å². The van der Waals surface area contributed by atoms with E-state index >= 15 is 0 Å². The quantitative estimate of drug-likeness (QED) is 0.763. The predicted octanol–water partition coefficient (Wildman–Crippen LogP) is 1.83. The fourth-order valence-corrected chi connectivity index (χ4v) is 3.87. The van der Waals surface area contributed by atoms with Crippen LogP contribution in [0, 0.1) is 0 Å². The minimum Gasteiger partial charge on any atom is -0.337 e. The number of nitrogens with one attached hydrogen (secondary N) is 1. The molecule has 1 N–H and O–H groups in total. The van der Waals surface area contributed by atoms with E-state index in [1.165, 1.54) is 30.8 Å². The summed E-state index contributed by atoms with van der Waals surface area (Å²) >= 11 is 2.01. The molecular formula is C12H22N2OS. The van der Waals surface area contributed by atoms with Gasteiger partial charge in [-0.1, -0.05) is 19.8 Å². The molecule has 0 unspecified atom stereocenters. The summed E-state index contributed by atoms with van der Waals surface area (Å²) in [5, 5.41) is 3.22. The molecule has 0 aromatic carbocycles. The van der Waals surface area contributed by atoms with Gasteiger partial charge in [0.15, 0.2) is 0 Å². The van der Waals surface area contributed by atoms with Gasteiger partial charge in [-0.3, -0.25) is 9.69 Å². The number of hydrogen-bond donors (Lipinski definition) is 1. The van der Waals surface area contributed by atoms with Gasteiger partial charge in [-0.15, -0.1) is 0 Å². The van der Waals surface area contributed by atoms with Crippen LogP contribution in [-0.2, 0) is 4.79 Å². The summed E-state index contributed by atoms with van der Waals surface area (Å²) in [6.45, 7) is 3.92. The second kappa shape index (κ2) is 5.41. The van der Waals surface area contributed by atoms with E-state index in [-0.39, 0.29) is 11.6 Å². The van der Waals surface area contributed by atoms with Crippen LogP contribution in [0.25, 0.3) is 0 Å². The van der Waals surface area contributed by atoms with E-state index in [0.29, 0.717) is 6.54 Å². The summed E-state index contributed by atoms with van der Waals surface area (Å²) in [6.07, 6.45) is 5.99. The Morgan fingerprint density at radius 3 is 2.81 bits per heavy atom. The SMILES string of the molecule is CCCCCN1CC(=O)NC12CCSCC2. The lowest BCUT2D eigenvalue weighted by Crippen LogP contribution is -2.54. The van der Waals surface area contributed by atoms with Crippen molar-refractivity contribution in [2.45, 2.75) is 44.7 Å². The number of unbranched alkanes of at least 4 members (excludes halogenated alkanes) is 2. The van der Waals surface area contributed by atoms with Gasteiger partial charge < -0.3 is 5.32 Å². The zero-order valence-electron chi connectivity index (χ0n) is 10.1. The molecule has 2 saturated heterocycles. The number of amides is 1. The van der Waals surface area contributed by atoms with Crippen molar-refractivity contribution in [3.05, 3.63) is 0 Å². The maximum Gasteiger partial charge on any atom is 0.235 e. The van der Waals surface area contributed by atoms with E-state index in [1.54, 1.807) is 0 Å². The first-order chi connectivity index (χ1) is 7.77. The van der Waals surface area contributed by atoms with Crippen molar-refractivity contribution in [1.82, 2.24) is 10.2 Å². The summed E-state index contributed by atoms with van der Waals surface area (Å²) in [4.78, 5) is 14.0. The third-order valence-electron chi connectivity index (χ3n) is 3.66. The van der Waals surface area contributed by atoms with Gasteiger partial charge in [0.05, 0.1) is 12.2 Å². The zero-order valence-corrected chi connectivity index (χ0v) is 10.9. The summed E-state index contributed by atoms with van der Waals surface area (Å²) in [5.41, 5.74) is 0.0239. The first kappa shape index (κ1) is 12.2. The Morgan fingerprint density at radius 1 is 1.38 bits per heavy atom. The highest BCUT2D eigenvalue weighted by atomic mass is 32.2. The molecular weight excluding hydrogens is 220 g/mol. The highest BCUT2D eigenvalue weighted by Gasteiger charge is 2.44. The van der Waals surface area contributed by atoms with Crippen LogP contribution in [0.1, 0.15) is 39.0 Å². The van der Waals surface area contributed by atoms with E-state index in [0.717, 1.165) is 19.4 Å². The second-order valence-electron chi connectivity index (χ2n) is 4.82. The molecule has 2 heterocycles. The van der Waals surface area contributed by atoms with Crippen LogP contribution in [0.4, 0.5) is 0 Å². The first-order valence-corrected chi connectivity index (χ1v) is 7.56. The molecule has 1 amide bonds. The van der Waals surface area contributed by atoms with Crippen LogP contribution in [-0.4, -0.2) is 41.1 Å². The molecule has 0 bridgehead atoms. The summed E-state index contributed by atoms with van der Waals surface area (Å²) in [5.74, 6) is 2.60. The van der Waals surface area contributed by atoms with Gasteiger partial charge in [-0.05, 0) is 30.8 Å². The standard InChI is InChI=1S/C12H22N2OS/c1-2-3-4-7-14-10-11(15)13-12(14)5-8-16-9-6-12/h2-10H2,1H3,(H,13,15). The Morgan fingerprint density at radius 2 is 2.12 bits per heavy atom. The van der Waals surface area contributed by atoms with Crippen molar-refractivity contribution in [3.63, 3.8) is 0 Å². The van der Waals surface area contributed by atoms with Gasteiger partial charge in [-0.2, -0.15) is 11.8 Å². The molecule has 0 radical (unpaired) electrons. The highest BCUT2D eigenvalue weighted by molar-refractivity contribution is 7.99. The minimum absolute atomic E-state index is 0.0239. The minimum atomic E-state index is 0.0239. The normalized spacial score (nSPS) is 24.9. The molecule has 2 aliphatic rings. The molecule has 2 rings (SSSR count). The number of carbonyl (C=O) groups excluding carboxylic acids is 1. The summed E-state index contributed by atoms with van der Waals surface area (Å²) in [6, 6.07) is 0. The van der Waals surface area contributed by atoms with Gasteiger partial charge in [0.2, 0.25) is 5.91 Å². The molecule has 4 heteroatoms. The molecule has 0 aromatic rings. The molecule has 0 aliphatic carbocycles. The average molecular weight is 242 g/mol. The smallest absolute Gasteiger partial charge is 0.235 e. The molecule has 1 spiro atoms. The van der Waals surface area contributed by atoms with Crippen molar-refractivity contribution in [2.24, 2.45) is 0 Å². The maximum absolute atomic E-state index is 11.6. The molecule has 2 aliphatic heterocycles. The fraction of sp³-hybridized carbons (Fsp3) is 0.917. The van der Waals surface area contributed by atoms with Crippen LogP contribution in [0.15, 0.2) is 0 Å². The highest BCUT2D eigenvalue weighted by Crippen LogP contribution is 2.33. The molecule has 92 valence electrons. The molecule has 16 heavy (non-hydrogen) atoms. The average Bonchev–Trinajstić information content (AvgIpc) is 2.57. The molecule has 2 fully saturated rings. The third-order valence-corrected chi connectivity index (χ3v) is 4.65. The third kappa shape index (κ3) is 2.54. The molecule has 0 atom stereocenters. The second-order valence-corrected chi connectivity index (χ2v) is 6.05. The van der Waals surface area contributed by atoms with Crippen LogP contribution in [0.5, 0.6) is 0 Å². The Kier molecular flexibility index (Phi) is 4.14. The number of rotatable bonds is 4. The van der Waals surface area contributed by atoms with Gasteiger partial charge in [0.1, 0.15) is 0 Å². The lowest BCUT2D eigenvalue weighted by Gasteiger charge is -2.40. The number of hydrogen-bond acceptors (Lipinski definition) is 3. The van der Waals surface area contributed by atoms with Crippen molar-refractivity contribution >= 4 is 17.7 Å². The van der Waals surface area contributed by atoms with E-state index in [2.05, 4.69) is 17.1 Å². The van der Waals surface area contributed by atoms with E-state index < -0.39 is 0 Å². The number of carbonyl (C=O) groups is 1.